The van der Waals surface area contributed by atoms with Crippen LogP contribution in [0.15, 0.2) is 82.6 Å². The van der Waals surface area contributed by atoms with E-state index >= 15 is 0 Å². The van der Waals surface area contributed by atoms with Gasteiger partial charge in [-0.25, -0.2) is 8.42 Å². The van der Waals surface area contributed by atoms with Crippen molar-refractivity contribution in [2.45, 2.75) is 23.3 Å². The summed E-state index contributed by atoms with van der Waals surface area (Å²) in [6.07, 6.45) is 2.02. The highest BCUT2D eigenvalue weighted by Crippen LogP contribution is 2.22. The summed E-state index contributed by atoms with van der Waals surface area (Å²) in [5, 5.41) is 0. The third-order valence-electron chi connectivity index (χ3n) is 4.70. The van der Waals surface area contributed by atoms with Gasteiger partial charge in [-0.2, -0.15) is 0 Å². The molecular formula is C23H24N2O3S2. The van der Waals surface area contributed by atoms with E-state index in [0.29, 0.717) is 23.4 Å². The van der Waals surface area contributed by atoms with Gasteiger partial charge >= 0.3 is 0 Å². The molecule has 0 fully saturated rings. The van der Waals surface area contributed by atoms with Crippen molar-refractivity contribution in [1.29, 1.82) is 0 Å². The largest absolute Gasteiger partial charge is 0.337 e. The van der Waals surface area contributed by atoms with Crippen LogP contribution in [0.4, 0.5) is 5.69 Å². The van der Waals surface area contributed by atoms with Crippen LogP contribution in [0, 0.1) is 6.92 Å². The van der Waals surface area contributed by atoms with Gasteiger partial charge in [-0.15, -0.1) is 11.8 Å². The van der Waals surface area contributed by atoms with Crippen molar-refractivity contribution in [2.75, 3.05) is 18.0 Å². The molecule has 3 aromatic carbocycles. The van der Waals surface area contributed by atoms with E-state index in [-0.39, 0.29) is 10.8 Å². The number of sulfonamides is 1. The Balaban J connectivity index is 1.73. The number of amides is 1. The van der Waals surface area contributed by atoms with E-state index in [1.165, 1.54) is 17.0 Å². The number of aryl methyl sites for hydroxylation is 1. The highest BCUT2D eigenvalue weighted by atomic mass is 32.2. The summed E-state index contributed by atoms with van der Waals surface area (Å²) >= 11 is 1.68. The average molecular weight is 441 g/mol. The van der Waals surface area contributed by atoms with Crippen LogP contribution >= 0.6 is 11.8 Å². The smallest absolute Gasteiger partial charge is 0.261 e. The number of anilines is 1. The summed E-state index contributed by atoms with van der Waals surface area (Å²) in [5.74, 6) is -0.121. The normalized spacial score (nSPS) is 11.2. The van der Waals surface area contributed by atoms with Crippen molar-refractivity contribution in [1.82, 2.24) is 4.90 Å². The Kier molecular flexibility index (Phi) is 6.84. The fraction of sp³-hybridized carbons (Fsp3) is 0.174. The van der Waals surface area contributed by atoms with Gasteiger partial charge in [0, 0.05) is 24.1 Å². The molecule has 0 spiro atoms. The first-order valence-corrected chi connectivity index (χ1v) is 12.1. The minimum absolute atomic E-state index is 0.121. The molecule has 0 aliphatic rings. The Labute approximate surface area is 182 Å². The molecule has 0 heterocycles. The Morgan fingerprint density at radius 1 is 1.00 bits per heavy atom. The number of hydrogen-bond acceptors (Lipinski definition) is 4. The number of rotatable bonds is 7. The molecule has 0 bridgehead atoms. The standard InChI is InChI=1S/C23H24N2O3S2/c1-17-15-19(23(26)25(2)16-18-9-12-20(29-3)13-10-18)11-14-22(17)24-30(27,28)21-7-5-4-6-8-21/h4-15,24H,16H2,1-3H3. The van der Waals surface area contributed by atoms with Crippen molar-refractivity contribution in [3.63, 3.8) is 0 Å². The van der Waals surface area contributed by atoms with Crippen molar-refractivity contribution in [2.24, 2.45) is 0 Å². The third-order valence-corrected chi connectivity index (χ3v) is 6.82. The molecule has 3 rings (SSSR count). The lowest BCUT2D eigenvalue weighted by atomic mass is 10.1. The van der Waals surface area contributed by atoms with Gasteiger partial charge in [-0.05, 0) is 66.8 Å². The molecule has 0 saturated carbocycles. The van der Waals surface area contributed by atoms with Gasteiger partial charge in [-0.1, -0.05) is 30.3 Å². The SMILES string of the molecule is CSc1ccc(CN(C)C(=O)c2ccc(NS(=O)(=O)c3ccccc3)c(C)c2)cc1. The number of nitrogens with one attached hydrogen (secondary N) is 1. The second-order valence-corrected chi connectivity index (χ2v) is 9.52. The first kappa shape index (κ1) is 21.9. The molecule has 0 atom stereocenters. The third kappa shape index (κ3) is 5.23. The van der Waals surface area contributed by atoms with Gasteiger partial charge in [-0.3, -0.25) is 9.52 Å². The van der Waals surface area contributed by atoms with Crippen LogP contribution in [-0.4, -0.2) is 32.5 Å². The summed E-state index contributed by atoms with van der Waals surface area (Å²) in [7, 11) is -1.92. The van der Waals surface area contributed by atoms with Gasteiger partial charge < -0.3 is 4.90 Å². The summed E-state index contributed by atoms with van der Waals surface area (Å²) in [6.45, 7) is 2.27. The zero-order valence-electron chi connectivity index (χ0n) is 17.1. The van der Waals surface area contributed by atoms with Crippen LogP contribution in [0.1, 0.15) is 21.5 Å². The fourth-order valence-electron chi connectivity index (χ4n) is 3.01. The predicted octanol–water partition coefficient (Wildman–Crippen LogP) is 4.79. The van der Waals surface area contributed by atoms with Crippen LogP contribution in [0.25, 0.3) is 0 Å². The van der Waals surface area contributed by atoms with Gasteiger partial charge in [0.2, 0.25) is 0 Å². The molecule has 0 radical (unpaired) electrons. The zero-order chi connectivity index (χ0) is 21.7. The number of thioether (sulfide) groups is 1. The molecule has 0 unspecified atom stereocenters. The quantitative estimate of drug-likeness (QED) is 0.537. The maximum absolute atomic E-state index is 12.8. The van der Waals surface area contributed by atoms with E-state index in [9.17, 15) is 13.2 Å². The Morgan fingerprint density at radius 3 is 2.27 bits per heavy atom. The minimum Gasteiger partial charge on any atom is -0.337 e. The molecule has 3 aromatic rings. The highest BCUT2D eigenvalue weighted by molar-refractivity contribution is 7.98. The fourth-order valence-corrected chi connectivity index (χ4v) is 4.57. The van der Waals surface area contributed by atoms with E-state index in [0.717, 1.165) is 5.56 Å². The Bertz CT molecular complexity index is 1130. The number of nitrogens with zero attached hydrogens (tertiary/aromatic N) is 1. The van der Waals surface area contributed by atoms with Gasteiger partial charge in [0.05, 0.1) is 10.6 Å². The molecule has 0 aliphatic heterocycles. The summed E-state index contributed by atoms with van der Waals surface area (Å²) in [4.78, 5) is 15.8. The molecule has 5 nitrogen and oxygen atoms in total. The van der Waals surface area contributed by atoms with E-state index in [1.54, 1.807) is 67.0 Å². The molecule has 0 saturated heterocycles. The Morgan fingerprint density at radius 2 is 1.67 bits per heavy atom. The number of carbonyl (C=O) groups excluding carboxylic acids is 1. The highest BCUT2D eigenvalue weighted by Gasteiger charge is 2.17. The molecule has 30 heavy (non-hydrogen) atoms. The second-order valence-electron chi connectivity index (χ2n) is 6.96. The molecule has 156 valence electrons. The maximum atomic E-state index is 12.8. The van der Waals surface area contributed by atoms with Crippen molar-refractivity contribution >= 4 is 33.4 Å². The van der Waals surface area contributed by atoms with E-state index in [1.807, 2.05) is 30.5 Å². The van der Waals surface area contributed by atoms with Crippen molar-refractivity contribution < 1.29 is 13.2 Å². The lowest BCUT2D eigenvalue weighted by Gasteiger charge is -2.18. The molecule has 1 N–H and O–H groups in total. The number of carbonyl (C=O) groups is 1. The van der Waals surface area contributed by atoms with Gasteiger partial charge in [0.1, 0.15) is 0 Å². The molecule has 0 aliphatic carbocycles. The van der Waals surface area contributed by atoms with Crippen molar-refractivity contribution in [3.8, 4) is 0 Å². The van der Waals surface area contributed by atoms with Crippen LogP contribution in [0.3, 0.4) is 0 Å². The maximum Gasteiger partial charge on any atom is 0.261 e. The summed E-state index contributed by atoms with van der Waals surface area (Å²) in [5.41, 5.74) is 2.69. The topological polar surface area (TPSA) is 66.5 Å². The lowest BCUT2D eigenvalue weighted by molar-refractivity contribution is 0.0785. The van der Waals surface area contributed by atoms with Crippen LogP contribution in [0.2, 0.25) is 0 Å². The monoisotopic (exact) mass is 440 g/mol. The van der Waals surface area contributed by atoms with E-state index in [4.69, 9.17) is 0 Å². The average Bonchev–Trinajstić information content (AvgIpc) is 2.75. The number of benzene rings is 3. The number of hydrogen-bond donors (Lipinski definition) is 1. The summed E-state index contributed by atoms with van der Waals surface area (Å²) in [6, 6.07) is 21.3. The van der Waals surface area contributed by atoms with E-state index in [2.05, 4.69) is 4.72 Å². The summed E-state index contributed by atoms with van der Waals surface area (Å²) < 4.78 is 27.7. The first-order valence-electron chi connectivity index (χ1n) is 9.37. The second kappa shape index (κ2) is 9.36. The van der Waals surface area contributed by atoms with Crippen molar-refractivity contribution in [3.05, 3.63) is 89.5 Å². The van der Waals surface area contributed by atoms with Gasteiger partial charge in [0.25, 0.3) is 15.9 Å². The Hall–Kier alpha value is -2.77. The predicted molar refractivity (Wildman–Crippen MR) is 122 cm³/mol. The van der Waals surface area contributed by atoms with E-state index < -0.39 is 10.0 Å². The van der Waals surface area contributed by atoms with Crippen LogP contribution < -0.4 is 4.72 Å². The van der Waals surface area contributed by atoms with Crippen LogP contribution in [0.5, 0.6) is 0 Å². The van der Waals surface area contributed by atoms with Gasteiger partial charge in [0.15, 0.2) is 0 Å². The molecule has 1 amide bonds. The lowest BCUT2D eigenvalue weighted by Crippen LogP contribution is -2.26. The first-order chi connectivity index (χ1) is 14.3. The molecular weight excluding hydrogens is 416 g/mol. The minimum atomic E-state index is -3.68. The molecule has 7 heteroatoms. The zero-order valence-corrected chi connectivity index (χ0v) is 18.8. The van der Waals surface area contributed by atoms with Crippen LogP contribution in [-0.2, 0) is 16.6 Å². The molecule has 0 aromatic heterocycles.